The van der Waals surface area contributed by atoms with Gasteiger partial charge < -0.3 is 4.90 Å². The molecule has 0 spiro atoms. The molecule has 0 bridgehead atoms. The van der Waals surface area contributed by atoms with Gasteiger partial charge >= 0.3 is 0 Å². The Bertz CT molecular complexity index is 845. The number of allylic oxidation sites excluding steroid dienone is 4. The molecule has 3 rings (SSSR count). The first kappa shape index (κ1) is 18.4. The fourth-order valence-corrected chi connectivity index (χ4v) is 3.32. The highest BCUT2D eigenvalue weighted by Gasteiger charge is 2.16. The molecule has 0 unspecified atom stereocenters. The Labute approximate surface area is 158 Å². The molecule has 1 aliphatic carbocycles. The van der Waals surface area contributed by atoms with Crippen LogP contribution in [0.2, 0.25) is 0 Å². The van der Waals surface area contributed by atoms with E-state index in [2.05, 4.69) is 108 Å². The van der Waals surface area contributed by atoms with Crippen LogP contribution in [0.4, 0.5) is 5.69 Å². The highest BCUT2D eigenvalue weighted by Crippen LogP contribution is 2.32. The van der Waals surface area contributed by atoms with Crippen molar-refractivity contribution in [3.8, 4) is 0 Å². The summed E-state index contributed by atoms with van der Waals surface area (Å²) in [5.41, 5.74) is 7.92. The molecule has 0 radical (unpaired) electrons. The number of likely N-dealkylation sites (N-methyl/N-ethyl adjacent to an activating group) is 1. The molecular weight excluding hydrogens is 316 g/mol. The van der Waals surface area contributed by atoms with E-state index in [0.29, 0.717) is 0 Å². The number of hydrogen-bond acceptors (Lipinski definition) is 0. The van der Waals surface area contributed by atoms with E-state index in [0.717, 1.165) is 10.9 Å². The van der Waals surface area contributed by atoms with E-state index in [4.69, 9.17) is 0 Å². The lowest BCUT2D eigenvalue weighted by atomic mass is 9.89. The van der Waals surface area contributed by atoms with E-state index in [9.17, 15) is 0 Å². The average molecular weight is 347 g/mol. The normalized spacial score (nSPS) is 16.6. The monoisotopic (exact) mass is 346 g/mol. The predicted octanol–water partition coefficient (Wildman–Crippen LogP) is 3.67. The molecule has 0 aromatic heterocycles. The molecule has 0 heterocycles. The lowest BCUT2D eigenvalue weighted by Gasteiger charge is -2.24. The van der Waals surface area contributed by atoms with Crippen LogP contribution in [0.1, 0.15) is 17.5 Å². The van der Waals surface area contributed by atoms with Crippen molar-refractivity contribution in [1.29, 1.82) is 0 Å². The maximum atomic E-state index is 2.34. The second kappa shape index (κ2) is 7.45. The number of nitrogens with one attached hydrogen (secondary N) is 1. The largest absolute Gasteiger partial charge is 0.308 e. The molecule has 2 aromatic rings. The van der Waals surface area contributed by atoms with E-state index >= 15 is 0 Å². The van der Waals surface area contributed by atoms with Crippen molar-refractivity contribution in [1.82, 2.24) is 4.48 Å². The standard InChI is InChI=1S/C24H29N2/c1-25(2)22-15-11-20(12-16-22)24(19-9-7-6-8-10-19)21-13-17-23(18-14-21)26(3,4)5/h6-11,13-18H,12H2,1-5H3/q+1/p+1/b24-20-. The number of benzene rings is 2. The predicted molar refractivity (Wildman–Crippen MR) is 113 cm³/mol. The topological polar surface area (TPSA) is 4.44 Å². The fourth-order valence-electron chi connectivity index (χ4n) is 3.32. The molecule has 0 aliphatic heterocycles. The molecule has 134 valence electrons. The Morgan fingerprint density at radius 1 is 0.808 bits per heavy atom. The number of quaternary nitrogens is 2. The first-order valence-electron chi connectivity index (χ1n) is 9.26. The van der Waals surface area contributed by atoms with E-state index in [1.807, 2.05) is 0 Å². The van der Waals surface area contributed by atoms with Gasteiger partial charge in [0.05, 0.1) is 35.2 Å². The Balaban J connectivity index is 2.07. The van der Waals surface area contributed by atoms with Gasteiger partial charge in [0.1, 0.15) is 11.4 Å². The van der Waals surface area contributed by atoms with Crippen LogP contribution in [-0.2, 0) is 0 Å². The maximum Gasteiger partial charge on any atom is 0.132 e. The first-order chi connectivity index (χ1) is 12.4. The van der Waals surface area contributed by atoms with Crippen molar-refractivity contribution in [2.75, 3.05) is 35.2 Å². The minimum absolute atomic E-state index is 0.829. The highest BCUT2D eigenvalue weighted by molar-refractivity contribution is 5.84. The number of rotatable bonds is 4. The zero-order valence-corrected chi connectivity index (χ0v) is 16.6. The molecule has 2 heteroatoms. The van der Waals surface area contributed by atoms with Crippen LogP contribution in [0.25, 0.3) is 5.57 Å². The van der Waals surface area contributed by atoms with E-state index < -0.39 is 0 Å². The van der Waals surface area contributed by atoms with Crippen LogP contribution in [0.5, 0.6) is 0 Å². The molecule has 2 aromatic carbocycles. The lowest BCUT2D eigenvalue weighted by molar-refractivity contribution is -0.813. The van der Waals surface area contributed by atoms with Crippen molar-refractivity contribution in [2.24, 2.45) is 0 Å². The second-order valence-corrected chi connectivity index (χ2v) is 8.02. The van der Waals surface area contributed by atoms with Crippen LogP contribution < -0.4 is 9.38 Å². The second-order valence-electron chi connectivity index (χ2n) is 8.02. The van der Waals surface area contributed by atoms with Gasteiger partial charge in [-0.3, -0.25) is 4.48 Å². The zero-order chi connectivity index (χ0) is 18.7. The minimum atomic E-state index is 0.829. The Hall–Kier alpha value is -2.42. The van der Waals surface area contributed by atoms with E-state index in [1.54, 1.807) is 0 Å². The van der Waals surface area contributed by atoms with Crippen LogP contribution >= 0.6 is 0 Å². The smallest absolute Gasteiger partial charge is 0.132 e. The summed E-state index contributed by atoms with van der Waals surface area (Å²) in [4.78, 5) is 1.37. The summed E-state index contributed by atoms with van der Waals surface area (Å²) in [7, 11) is 10.9. The zero-order valence-electron chi connectivity index (χ0n) is 16.6. The van der Waals surface area contributed by atoms with Crippen molar-refractivity contribution >= 4 is 11.3 Å². The first-order valence-corrected chi connectivity index (χ1v) is 9.26. The molecule has 26 heavy (non-hydrogen) atoms. The summed E-state index contributed by atoms with van der Waals surface area (Å²) < 4.78 is 0.829. The number of nitrogens with zero attached hydrogens (tertiary/aromatic N) is 1. The van der Waals surface area contributed by atoms with Crippen LogP contribution in [0.3, 0.4) is 0 Å². The molecule has 2 nitrogen and oxygen atoms in total. The molecule has 0 saturated heterocycles. The highest BCUT2D eigenvalue weighted by atomic mass is 15.3. The summed E-state index contributed by atoms with van der Waals surface area (Å²) >= 11 is 0. The summed E-state index contributed by atoms with van der Waals surface area (Å²) in [5, 5.41) is 0. The molecular formula is C24H30N2+2. The quantitative estimate of drug-likeness (QED) is 0.806. The molecule has 0 atom stereocenters. The van der Waals surface area contributed by atoms with Gasteiger partial charge in [-0.25, -0.2) is 0 Å². The van der Waals surface area contributed by atoms with Gasteiger partial charge in [0.25, 0.3) is 0 Å². The Kier molecular flexibility index (Phi) is 5.26. The van der Waals surface area contributed by atoms with Gasteiger partial charge in [0.15, 0.2) is 0 Å². The van der Waals surface area contributed by atoms with Gasteiger partial charge in [0.2, 0.25) is 0 Å². The van der Waals surface area contributed by atoms with Gasteiger partial charge in [0, 0.05) is 0 Å². The SMILES string of the molecule is C[NH+](C)C1=CC/C(=C(/c2ccccc2)c2ccc([N+](C)(C)C)cc2)C=C1. The van der Waals surface area contributed by atoms with Crippen LogP contribution in [0.15, 0.2) is 84.1 Å². The van der Waals surface area contributed by atoms with E-state index in [-0.39, 0.29) is 0 Å². The van der Waals surface area contributed by atoms with Crippen molar-refractivity contribution in [3.05, 3.63) is 95.2 Å². The maximum absolute atomic E-state index is 2.34. The molecule has 1 N–H and O–H groups in total. The van der Waals surface area contributed by atoms with Crippen molar-refractivity contribution < 1.29 is 4.90 Å². The van der Waals surface area contributed by atoms with Crippen LogP contribution in [-0.4, -0.2) is 35.2 Å². The molecule has 0 fully saturated rings. The third-order valence-electron chi connectivity index (χ3n) is 4.90. The van der Waals surface area contributed by atoms with Crippen molar-refractivity contribution in [2.45, 2.75) is 6.42 Å². The molecule has 0 saturated carbocycles. The number of hydrogen-bond donors (Lipinski definition) is 1. The Morgan fingerprint density at radius 3 is 1.92 bits per heavy atom. The minimum Gasteiger partial charge on any atom is -0.308 e. The van der Waals surface area contributed by atoms with Crippen molar-refractivity contribution in [3.63, 3.8) is 0 Å². The van der Waals surface area contributed by atoms with E-state index in [1.165, 1.54) is 38.6 Å². The van der Waals surface area contributed by atoms with Crippen LogP contribution in [0, 0.1) is 0 Å². The lowest BCUT2D eigenvalue weighted by Crippen LogP contribution is -3.03. The molecule has 1 aliphatic rings. The summed E-state index contributed by atoms with van der Waals surface area (Å²) in [6.07, 6.45) is 7.85. The fraction of sp³-hybridized carbons (Fsp3) is 0.250. The van der Waals surface area contributed by atoms with Gasteiger partial charge in [-0.05, 0) is 65.1 Å². The summed E-state index contributed by atoms with van der Waals surface area (Å²) in [6, 6.07) is 19.8. The summed E-state index contributed by atoms with van der Waals surface area (Å²) in [6.45, 7) is 0. The Morgan fingerprint density at radius 2 is 1.42 bits per heavy atom. The third kappa shape index (κ3) is 4.04. The van der Waals surface area contributed by atoms with Gasteiger partial charge in [-0.2, -0.15) is 0 Å². The van der Waals surface area contributed by atoms with Gasteiger partial charge in [-0.1, -0.05) is 36.4 Å². The average Bonchev–Trinajstić information content (AvgIpc) is 2.63. The molecule has 0 amide bonds. The third-order valence-corrected chi connectivity index (χ3v) is 4.90. The van der Waals surface area contributed by atoms with Gasteiger partial charge in [-0.15, -0.1) is 0 Å². The summed E-state index contributed by atoms with van der Waals surface area (Å²) in [5.74, 6) is 0.